The predicted molar refractivity (Wildman–Crippen MR) is 58.4 cm³/mol. The zero-order valence-corrected chi connectivity index (χ0v) is 9.83. The minimum absolute atomic E-state index is 0.116. The number of carbonyl (C=O) groups excluding carboxylic acids is 2. The van der Waals surface area contributed by atoms with E-state index in [0.29, 0.717) is 6.54 Å². The molecule has 0 radical (unpaired) electrons. The van der Waals surface area contributed by atoms with E-state index >= 15 is 0 Å². The maximum absolute atomic E-state index is 11.7. The number of amides is 2. The second-order valence-electron chi connectivity index (χ2n) is 4.13. The molecule has 0 aromatic rings. The fraction of sp³-hybridized carbons (Fsp3) is 0.800. The summed E-state index contributed by atoms with van der Waals surface area (Å²) in [5, 5.41) is -0.543. The smallest absolute Gasteiger partial charge is 0.240 e. The highest BCUT2D eigenvalue weighted by Gasteiger charge is 2.32. The predicted octanol–water partition coefficient (Wildman–Crippen LogP) is 0.726. The number of halogens is 1. The second kappa shape index (κ2) is 4.84. The maximum Gasteiger partial charge on any atom is 0.240 e. The lowest BCUT2D eigenvalue weighted by molar-refractivity contribution is -0.137. The first kappa shape index (κ1) is 12.3. The van der Waals surface area contributed by atoms with Crippen LogP contribution in [0.3, 0.4) is 0 Å². The molecule has 4 nitrogen and oxygen atoms in total. The molecule has 2 amide bonds. The van der Waals surface area contributed by atoms with Crippen LogP contribution in [0.4, 0.5) is 0 Å². The molecule has 1 aliphatic rings. The summed E-state index contributed by atoms with van der Waals surface area (Å²) in [6.45, 7) is 4.02. The van der Waals surface area contributed by atoms with Gasteiger partial charge in [-0.25, -0.2) is 0 Å². The van der Waals surface area contributed by atoms with Crippen LogP contribution in [0.15, 0.2) is 0 Å². The number of hydrogen-bond donors (Lipinski definition) is 1. The van der Waals surface area contributed by atoms with Gasteiger partial charge in [-0.1, -0.05) is 0 Å². The Morgan fingerprint density at radius 3 is 2.53 bits per heavy atom. The molecule has 0 bridgehead atoms. The van der Waals surface area contributed by atoms with Crippen LogP contribution in [-0.2, 0) is 9.59 Å². The van der Waals surface area contributed by atoms with E-state index < -0.39 is 5.38 Å². The topological polar surface area (TPSA) is 63.4 Å². The largest absolute Gasteiger partial charge is 0.369 e. The van der Waals surface area contributed by atoms with Crippen molar-refractivity contribution < 1.29 is 9.59 Å². The summed E-state index contributed by atoms with van der Waals surface area (Å²) >= 11 is 5.75. The van der Waals surface area contributed by atoms with Crippen molar-refractivity contribution in [3.63, 3.8) is 0 Å². The van der Waals surface area contributed by atoms with Gasteiger partial charge in [0.05, 0.1) is 5.92 Å². The second-order valence-corrected chi connectivity index (χ2v) is 4.79. The van der Waals surface area contributed by atoms with E-state index in [1.54, 1.807) is 11.8 Å². The number of alkyl halides is 1. The Morgan fingerprint density at radius 2 is 2.07 bits per heavy atom. The lowest BCUT2D eigenvalue weighted by Gasteiger charge is -2.37. The fourth-order valence-electron chi connectivity index (χ4n) is 1.87. The number of likely N-dealkylation sites (tertiary alicyclic amines) is 1. The molecule has 1 saturated heterocycles. The van der Waals surface area contributed by atoms with E-state index in [4.69, 9.17) is 17.3 Å². The van der Waals surface area contributed by atoms with Crippen molar-refractivity contribution in [2.45, 2.75) is 38.1 Å². The van der Waals surface area contributed by atoms with E-state index in [1.807, 2.05) is 6.92 Å². The van der Waals surface area contributed by atoms with Gasteiger partial charge in [-0.15, -0.1) is 11.6 Å². The Bertz CT molecular complexity index is 268. The van der Waals surface area contributed by atoms with Crippen LogP contribution in [0, 0.1) is 5.92 Å². The van der Waals surface area contributed by atoms with Crippen LogP contribution >= 0.6 is 11.6 Å². The zero-order chi connectivity index (χ0) is 11.6. The summed E-state index contributed by atoms with van der Waals surface area (Å²) in [5.41, 5.74) is 5.24. The van der Waals surface area contributed by atoms with Crippen molar-refractivity contribution in [1.82, 2.24) is 4.90 Å². The van der Waals surface area contributed by atoms with Crippen molar-refractivity contribution in [3.8, 4) is 0 Å². The summed E-state index contributed by atoms with van der Waals surface area (Å²) in [6, 6.07) is 0.147. The van der Waals surface area contributed by atoms with Crippen molar-refractivity contribution in [2.75, 3.05) is 6.54 Å². The number of primary amides is 1. The molecule has 0 aromatic carbocycles. The molecule has 0 aliphatic carbocycles. The highest BCUT2D eigenvalue weighted by Crippen LogP contribution is 2.23. The zero-order valence-electron chi connectivity index (χ0n) is 9.07. The van der Waals surface area contributed by atoms with Crippen molar-refractivity contribution in [2.24, 2.45) is 11.7 Å². The van der Waals surface area contributed by atoms with E-state index in [0.717, 1.165) is 12.8 Å². The molecule has 3 atom stereocenters. The average Bonchev–Trinajstić information content (AvgIpc) is 2.16. The van der Waals surface area contributed by atoms with E-state index in [-0.39, 0.29) is 23.8 Å². The van der Waals surface area contributed by atoms with Crippen LogP contribution < -0.4 is 5.73 Å². The summed E-state index contributed by atoms with van der Waals surface area (Å²) in [6.07, 6.45) is 1.57. The minimum Gasteiger partial charge on any atom is -0.369 e. The molecule has 1 fully saturated rings. The van der Waals surface area contributed by atoms with Gasteiger partial charge in [-0.3, -0.25) is 9.59 Å². The van der Waals surface area contributed by atoms with Gasteiger partial charge in [0.1, 0.15) is 5.38 Å². The molecule has 0 saturated carbocycles. The van der Waals surface area contributed by atoms with Crippen molar-refractivity contribution >= 4 is 23.4 Å². The first-order chi connectivity index (χ1) is 6.93. The highest BCUT2D eigenvalue weighted by molar-refractivity contribution is 6.30. The third kappa shape index (κ3) is 2.84. The monoisotopic (exact) mass is 232 g/mol. The summed E-state index contributed by atoms with van der Waals surface area (Å²) in [5.74, 6) is -0.669. The summed E-state index contributed by atoms with van der Waals surface area (Å²) in [4.78, 5) is 24.4. The van der Waals surface area contributed by atoms with E-state index in [9.17, 15) is 9.59 Å². The average molecular weight is 233 g/mol. The third-order valence-electron chi connectivity index (χ3n) is 2.91. The van der Waals surface area contributed by atoms with Gasteiger partial charge >= 0.3 is 0 Å². The number of nitrogens with zero attached hydrogens (tertiary/aromatic N) is 1. The summed E-state index contributed by atoms with van der Waals surface area (Å²) < 4.78 is 0. The van der Waals surface area contributed by atoms with Crippen LogP contribution in [0.2, 0.25) is 0 Å². The molecule has 0 spiro atoms. The Balaban J connectivity index is 2.69. The van der Waals surface area contributed by atoms with Crippen molar-refractivity contribution in [1.29, 1.82) is 0 Å². The number of carbonyl (C=O) groups is 2. The Hall–Kier alpha value is -0.770. The normalized spacial score (nSPS) is 28.6. The molecular formula is C10H17ClN2O2. The quantitative estimate of drug-likeness (QED) is 0.714. The van der Waals surface area contributed by atoms with Crippen LogP contribution in [0.5, 0.6) is 0 Å². The molecule has 2 N–H and O–H groups in total. The molecule has 3 unspecified atom stereocenters. The Labute approximate surface area is 94.7 Å². The molecule has 1 rings (SSSR count). The molecule has 1 aliphatic heterocycles. The van der Waals surface area contributed by atoms with E-state index in [1.165, 1.54) is 0 Å². The lowest BCUT2D eigenvalue weighted by atomic mass is 9.92. The maximum atomic E-state index is 11.7. The standard InChI is InChI=1S/C10H17ClN2O2/c1-6-3-4-8(9(12)14)5-13(6)10(15)7(2)11/h6-8H,3-5H2,1-2H3,(H2,12,14). The molecule has 0 aromatic heterocycles. The van der Waals surface area contributed by atoms with Crippen LogP contribution in [0.1, 0.15) is 26.7 Å². The molecular weight excluding hydrogens is 216 g/mol. The molecule has 86 valence electrons. The Kier molecular flexibility index (Phi) is 3.97. The van der Waals surface area contributed by atoms with Gasteiger partial charge < -0.3 is 10.6 Å². The molecule has 15 heavy (non-hydrogen) atoms. The number of piperidine rings is 1. The number of nitrogens with two attached hydrogens (primary N) is 1. The van der Waals surface area contributed by atoms with Gasteiger partial charge in [0.2, 0.25) is 11.8 Å². The number of rotatable bonds is 2. The third-order valence-corrected chi connectivity index (χ3v) is 3.09. The van der Waals surface area contributed by atoms with Gasteiger partial charge in [0.15, 0.2) is 0 Å². The first-order valence-corrected chi connectivity index (χ1v) is 5.61. The number of hydrogen-bond acceptors (Lipinski definition) is 2. The summed E-state index contributed by atoms with van der Waals surface area (Å²) in [7, 11) is 0. The van der Waals surface area contributed by atoms with Gasteiger partial charge in [-0.2, -0.15) is 0 Å². The van der Waals surface area contributed by atoms with E-state index in [2.05, 4.69) is 0 Å². The minimum atomic E-state index is -0.543. The molecule has 5 heteroatoms. The molecule has 1 heterocycles. The van der Waals surface area contributed by atoms with Gasteiger partial charge in [0.25, 0.3) is 0 Å². The fourth-order valence-corrected chi connectivity index (χ4v) is 2.00. The first-order valence-electron chi connectivity index (χ1n) is 5.17. The highest BCUT2D eigenvalue weighted by atomic mass is 35.5. The Morgan fingerprint density at radius 1 is 1.47 bits per heavy atom. The van der Waals surface area contributed by atoms with Crippen molar-refractivity contribution in [3.05, 3.63) is 0 Å². The van der Waals surface area contributed by atoms with Gasteiger partial charge in [-0.05, 0) is 26.7 Å². The van der Waals surface area contributed by atoms with Crippen LogP contribution in [-0.4, -0.2) is 34.7 Å². The van der Waals surface area contributed by atoms with Crippen LogP contribution in [0.25, 0.3) is 0 Å². The SMILES string of the molecule is CC(Cl)C(=O)N1CC(C(N)=O)CCC1C. The lowest BCUT2D eigenvalue weighted by Crippen LogP contribution is -2.50. The van der Waals surface area contributed by atoms with Gasteiger partial charge in [0, 0.05) is 12.6 Å².